The summed E-state index contributed by atoms with van der Waals surface area (Å²) in [5.74, 6) is 0.694. The van der Waals surface area contributed by atoms with E-state index in [9.17, 15) is 9.90 Å². The van der Waals surface area contributed by atoms with Crippen molar-refractivity contribution in [2.45, 2.75) is 31.8 Å². The van der Waals surface area contributed by atoms with E-state index in [1.54, 1.807) is 22.9 Å². The van der Waals surface area contributed by atoms with E-state index >= 15 is 0 Å². The van der Waals surface area contributed by atoms with Crippen molar-refractivity contribution >= 4 is 11.7 Å². The molecule has 1 amide bonds. The number of nitrogens with one attached hydrogen (secondary N) is 1. The van der Waals surface area contributed by atoms with E-state index in [-0.39, 0.29) is 12.0 Å². The highest BCUT2D eigenvalue weighted by molar-refractivity contribution is 5.92. The van der Waals surface area contributed by atoms with Crippen molar-refractivity contribution in [2.75, 3.05) is 6.54 Å². The maximum Gasteiger partial charge on any atom is 0.271 e. The Morgan fingerprint density at radius 3 is 3.20 bits per heavy atom. The number of carbonyl (C=O) groups excluding carboxylic acids is 1. The maximum atomic E-state index is 12.1. The zero-order valence-corrected chi connectivity index (χ0v) is 11.2. The van der Waals surface area contributed by atoms with Gasteiger partial charge in [0.25, 0.3) is 5.91 Å². The first kappa shape index (κ1) is 13.1. The average molecular weight is 274 g/mol. The third kappa shape index (κ3) is 2.80. The van der Waals surface area contributed by atoms with Crippen molar-refractivity contribution in [3.63, 3.8) is 0 Å². The SMILES string of the molecule is O=C(NCC1CCCC(O)C1)c1cn2cccnc2n1. The Morgan fingerprint density at radius 2 is 2.40 bits per heavy atom. The summed E-state index contributed by atoms with van der Waals surface area (Å²) < 4.78 is 1.72. The largest absolute Gasteiger partial charge is 0.393 e. The average Bonchev–Trinajstić information content (AvgIpc) is 2.89. The van der Waals surface area contributed by atoms with Crippen molar-refractivity contribution in [2.24, 2.45) is 5.92 Å². The summed E-state index contributed by atoms with van der Waals surface area (Å²) in [5, 5.41) is 12.5. The number of imidazole rings is 1. The minimum atomic E-state index is -0.218. The van der Waals surface area contributed by atoms with Crippen LogP contribution in [0.2, 0.25) is 0 Å². The molecule has 2 aromatic heterocycles. The van der Waals surface area contributed by atoms with Crippen LogP contribution < -0.4 is 5.32 Å². The standard InChI is InChI=1S/C14H18N4O2/c19-11-4-1-3-10(7-11)8-16-13(20)12-9-18-6-2-5-15-14(18)17-12/h2,5-6,9-11,19H,1,3-4,7-8H2,(H,16,20). The van der Waals surface area contributed by atoms with Gasteiger partial charge in [0.05, 0.1) is 6.10 Å². The van der Waals surface area contributed by atoms with Gasteiger partial charge in [-0.05, 0) is 31.2 Å². The number of rotatable bonds is 3. The van der Waals surface area contributed by atoms with E-state index in [0.29, 0.717) is 23.9 Å². The van der Waals surface area contributed by atoms with Gasteiger partial charge < -0.3 is 10.4 Å². The number of aliphatic hydroxyl groups excluding tert-OH is 1. The summed E-state index contributed by atoms with van der Waals surface area (Å²) in [6.07, 6.45) is 8.65. The Kier molecular flexibility index (Phi) is 3.64. The molecule has 0 aromatic carbocycles. The summed E-state index contributed by atoms with van der Waals surface area (Å²) >= 11 is 0. The topological polar surface area (TPSA) is 79.5 Å². The molecule has 2 heterocycles. The molecular formula is C14H18N4O2. The summed E-state index contributed by atoms with van der Waals surface area (Å²) in [4.78, 5) is 20.3. The summed E-state index contributed by atoms with van der Waals surface area (Å²) in [6.45, 7) is 0.594. The molecule has 2 aromatic rings. The molecule has 1 aliphatic rings. The van der Waals surface area contributed by atoms with Crippen molar-refractivity contribution in [3.05, 3.63) is 30.4 Å². The molecule has 1 aliphatic carbocycles. The van der Waals surface area contributed by atoms with Gasteiger partial charge in [-0.25, -0.2) is 9.97 Å². The van der Waals surface area contributed by atoms with Crippen LogP contribution in [0.15, 0.2) is 24.7 Å². The Bertz CT molecular complexity index is 577. The van der Waals surface area contributed by atoms with Crippen LogP contribution in [0.5, 0.6) is 0 Å². The molecule has 1 saturated carbocycles. The highest BCUT2D eigenvalue weighted by Gasteiger charge is 2.21. The lowest BCUT2D eigenvalue weighted by atomic mass is 9.87. The van der Waals surface area contributed by atoms with Crippen molar-refractivity contribution in [3.8, 4) is 0 Å². The van der Waals surface area contributed by atoms with E-state index in [1.165, 1.54) is 0 Å². The molecule has 1 fully saturated rings. The number of hydrogen-bond donors (Lipinski definition) is 2. The lowest BCUT2D eigenvalue weighted by Crippen LogP contribution is -2.33. The van der Waals surface area contributed by atoms with Crippen LogP contribution in [-0.2, 0) is 0 Å². The number of aromatic nitrogens is 3. The predicted molar refractivity (Wildman–Crippen MR) is 73.3 cm³/mol. The highest BCUT2D eigenvalue weighted by Crippen LogP contribution is 2.23. The van der Waals surface area contributed by atoms with Crippen LogP contribution in [0.1, 0.15) is 36.2 Å². The zero-order chi connectivity index (χ0) is 13.9. The fraction of sp³-hybridized carbons (Fsp3) is 0.500. The second-order valence-corrected chi connectivity index (χ2v) is 5.35. The lowest BCUT2D eigenvalue weighted by molar-refractivity contribution is 0.0870. The molecule has 20 heavy (non-hydrogen) atoms. The van der Waals surface area contributed by atoms with Gasteiger partial charge in [-0.2, -0.15) is 0 Å². The number of hydrogen-bond acceptors (Lipinski definition) is 4. The molecule has 2 N–H and O–H groups in total. The minimum absolute atomic E-state index is 0.185. The number of carbonyl (C=O) groups is 1. The van der Waals surface area contributed by atoms with Gasteiger partial charge >= 0.3 is 0 Å². The van der Waals surface area contributed by atoms with E-state index in [2.05, 4.69) is 15.3 Å². The molecule has 2 unspecified atom stereocenters. The Morgan fingerprint density at radius 1 is 1.50 bits per heavy atom. The number of fused-ring (bicyclic) bond motifs is 1. The second-order valence-electron chi connectivity index (χ2n) is 5.35. The van der Waals surface area contributed by atoms with Crippen LogP contribution in [0.4, 0.5) is 0 Å². The third-order valence-electron chi connectivity index (χ3n) is 3.77. The quantitative estimate of drug-likeness (QED) is 0.875. The van der Waals surface area contributed by atoms with Crippen molar-refractivity contribution in [1.82, 2.24) is 19.7 Å². The zero-order valence-electron chi connectivity index (χ0n) is 11.2. The minimum Gasteiger partial charge on any atom is -0.393 e. The monoisotopic (exact) mass is 274 g/mol. The highest BCUT2D eigenvalue weighted by atomic mass is 16.3. The molecule has 0 aliphatic heterocycles. The van der Waals surface area contributed by atoms with E-state index in [0.717, 1.165) is 25.7 Å². The molecule has 2 atom stereocenters. The maximum absolute atomic E-state index is 12.1. The molecule has 0 spiro atoms. The number of amides is 1. The summed E-state index contributed by atoms with van der Waals surface area (Å²) in [5.41, 5.74) is 0.375. The molecule has 6 nitrogen and oxygen atoms in total. The molecule has 6 heteroatoms. The second kappa shape index (κ2) is 5.58. The van der Waals surface area contributed by atoms with Gasteiger partial charge in [-0.1, -0.05) is 6.42 Å². The fourth-order valence-corrected chi connectivity index (χ4v) is 2.71. The van der Waals surface area contributed by atoms with Gasteiger partial charge in [-0.3, -0.25) is 9.20 Å². The summed E-state index contributed by atoms with van der Waals surface area (Å²) in [7, 11) is 0. The Balaban J connectivity index is 1.61. The molecule has 106 valence electrons. The van der Waals surface area contributed by atoms with Gasteiger partial charge in [0.2, 0.25) is 5.78 Å². The fourth-order valence-electron chi connectivity index (χ4n) is 2.71. The van der Waals surface area contributed by atoms with Crippen LogP contribution in [0, 0.1) is 5.92 Å². The Hall–Kier alpha value is -1.95. The smallest absolute Gasteiger partial charge is 0.271 e. The van der Waals surface area contributed by atoms with Crippen LogP contribution in [0.25, 0.3) is 5.78 Å². The third-order valence-corrected chi connectivity index (χ3v) is 3.77. The van der Waals surface area contributed by atoms with Crippen LogP contribution in [-0.4, -0.2) is 38.0 Å². The predicted octanol–water partition coefficient (Wildman–Crippen LogP) is 1.01. The molecule has 0 bridgehead atoms. The number of nitrogens with zero attached hydrogens (tertiary/aromatic N) is 3. The van der Waals surface area contributed by atoms with Crippen molar-refractivity contribution < 1.29 is 9.90 Å². The van der Waals surface area contributed by atoms with Crippen LogP contribution >= 0.6 is 0 Å². The van der Waals surface area contributed by atoms with E-state index < -0.39 is 0 Å². The van der Waals surface area contributed by atoms with Gasteiger partial charge in [0.1, 0.15) is 5.69 Å². The van der Waals surface area contributed by atoms with Gasteiger partial charge in [-0.15, -0.1) is 0 Å². The van der Waals surface area contributed by atoms with Crippen LogP contribution in [0.3, 0.4) is 0 Å². The number of aliphatic hydroxyl groups is 1. The van der Waals surface area contributed by atoms with E-state index in [4.69, 9.17) is 0 Å². The van der Waals surface area contributed by atoms with Gasteiger partial charge in [0.15, 0.2) is 0 Å². The normalized spacial score (nSPS) is 22.9. The Labute approximate surface area is 116 Å². The molecular weight excluding hydrogens is 256 g/mol. The lowest BCUT2D eigenvalue weighted by Gasteiger charge is -2.25. The molecule has 0 saturated heterocycles. The van der Waals surface area contributed by atoms with Gasteiger partial charge in [0, 0.05) is 25.1 Å². The van der Waals surface area contributed by atoms with Crippen molar-refractivity contribution in [1.29, 1.82) is 0 Å². The van der Waals surface area contributed by atoms with E-state index in [1.807, 2.05) is 6.20 Å². The summed E-state index contributed by atoms with van der Waals surface area (Å²) in [6, 6.07) is 1.79. The molecule has 3 rings (SSSR count). The first-order valence-corrected chi connectivity index (χ1v) is 6.98. The first-order valence-electron chi connectivity index (χ1n) is 6.98. The first-order chi connectivity index (χ1) is 9.72. The molecule has 0 radical (unpaired) electrons.